The van der Waals surface area contributed by atoms with Crippen molar-refractivity contribution in [2.24, 2.45) is 0 Å². The summed E-state index contributed by atoms with van der Waals surface area (Å²) in [5.41, 5.74) is 6.31. The SMILES string of the molecule is CN(Cc1cc(N)ccc1O)CC(C)(C)O. The number of anilines is 1. The summed E-state index contributed by atoms with van der Waals surface area (Å²) in [6.07, 6.45) is 0. The molecule has 0 amide bonds. The topological polar surface area (TPSA) is 69.7 Å². The van der Waals surface area contributed by atoms with E-state index in [1.807, 2.05) is 11.9 Å². The summed E-state index contributed by atoms with van der Waals surface area (Å²) in [6, 6.07) is 4.99. The molecule has 16 heavy (non-hydrogen) atoms. The molecule has 4 nitrogen and oxygen atoms in total. The highest BCUT2D eigenvalue weighted by Gasteiger charge is 2.16. The van der Waals surface area contributed by atoms with Gasteiger partial charge in [-0.15, -0.1) is 0 Å². The van der Waals surface area contributed by atoms with E-state index in [1.165, 1.54) is 0 Å². The first kappa shape index (κ1) is 12.8. The van der Waals surface area contributed by atoms with Crippen molar-refractivity contribution in [2.75, 3.05) is 19.3 Å². The van der Waals surface area contributed by atoms with Gasteiger partial charge in [-0.3, -0.25) is 4.90 Å². The maximum absolute atomic E-state index is 9.66. The Balaban J connectivity index is 2.69. The number of aromatic hydroxyl groups is 1. The van der Waals surface area contributed by atoms with E-state index < -0.39 is 5.60 Å². The molecule has 4 heteroatoms. The first-order chi connectivity index (χ1) is 7.28. The summed E-state index contributed by atoms with van der Waals surface area (Å²) in [5, 5.41) is 19.3. The van der Waals surface area contributed by atoms with Gasteiger partial charge in [-0.25, -0.2) is 0 Å². The van der Waals surface area contributed by atoms with E-state index in [-0.39, 0.29) is 5.75 Å². The molecule has 0 atom stereocenters. The number of likely N-dealkylation sites (N-methyl/N-ethyl adjacent to an activating group) is 1. The van der Waals surface area contributed by atoms with E-state index in [0.717, 1.165) is 5.56 Å². The summed E-state index contributed by atoms with van der Waals surface area (Å²) < 4.78 is 0. The largest absolute Gasteiger partial charge is 0.508 e. The molecule has 1 aromatic carbocycles. The van der Waals surface area contributed by atoms with Gasteiger partial charge in [0.05, 0.1) is 5.60 Å². The highest BCUT2D eigenvalue weighted by atomic mass is 16.3. The highest BCUT2D eigenvalue weighted by molar-refractivity contribution is 5.47. The number of benzene rings is 1. The minimum Gasteiger partial charge on any atom is -0.508 e. The zero-order chi connectivity index (χ0) is 12.3. The van der Waals surface area contributed by atoms with Crippen LogP contribution in [0, 0.1) is 0 Å². The van der Waals surface area contributed by atoms with Gasteiger partial charge in [0, 0.05) is 24.3 Å². The predicted molar refractivity (Wildman–Crippen MR) is 65.2 cm³/mol. The molecule has 0 saturated heterocycles. The fourth-order valence-corrected chi connectivity index (χ4v) is 1.74. The number of phenols is 1. The normalized spacial score (nSPS) is 12.1. The summed E-state index contributed by atoms with van der Waals surface area (Å²) in [5.74, 6) is 0.233. The molecule has 0 unspecified atom stereocenters. The van der Waals surface area contributed by atoms with Crippen molar-refractivity contribution in [3.8, 4) is 5.75 Å². The third kappa shape index (κ3) is 4.08. The molecule has 1 aromatic rings. The molecule has 4 N–H and O–H groups in total. The van der Waals surface area contributed by atoms with E-state index in [4.69, 9.17) is 5.73 Å². The minimum atomic E-state index is -0.745. The standard InChI is InChI=1S/C12H20N2O2/c1-12(2,16)8-14(3)7-9-6-10(13)4-5-11(9)15/h4-6,15-16H,7-8,13H2,1-3H3. The zero-order valence-corrected chi connectivity index (χ0v) is 10.1. The maximum Gasteiger partial charge on any atom is 0.120 e. The minimum absolute atomic E-state index is 0.233. The average Bonchev–Trinajstić information content (AvgIpc) is 2.08. The van der Waals surface area contributed by atoms with E-state index in [1.54, 1.807) is 32.0 Å². The molecule has 0 aliphatic rings. The fraction of sp³-hybridized carbons (Fsp3) is 0.500. The number of nitrogens with zero attached hydrogens (tertiary/aromatic N) is 1. The van der Waals surface area contributed by atoms with E-state index in [2.05, 4.69) is 0 Å². The lowest BCUT2D eigenvalue weighted by atomic mass is 10.1. The van der Waals surface area contributed by atoms with Gasteiger partial charge in [0.1, 0.15) is 5.75 Å². The van der Waals surface area contributed by atoms with Crippen LogP contribution in [0.2, 0.25) is 0 Å². The van der Waals surface area contributed by atoms with Crippen LogP contribution in [0.15, 0.2) is 18.2 Å². The van der Waals surface area contributed by atoms with Crippen LogP contribution in [-0.2, 0) is 6.54 Å². The van der Waals surface area contributed by atoms with E-state index >= 15 is 0 Å². The van der Waals surface area contributed by atoms with E-state index in [9.17, 15) is 10.2 Å². The lowest BCUT2D eigenvalue weighted by Gasteiger charge is -2.25. The van der Waals surface area contributed by atoms with Crippen LogP contribution < -0.4 is 5.73 Å². The van der Waals surface area contributed by atoms with Crippen LogP contribution in [0.1, 0.15) is 19.4 Å². The second kappa shape index (κ2) is 4.72. The zero-order valence-electron chi connectivity index (χ0n) is 10.1. The summed E-state index contributed by atoms with van der Waals surface area (Å²) in [6.45, 7) is 4.59. The summed E-state index contributed by atoms with van der Waals surface area (Å²) in [7, 11) is 1.89. The Hall–Kier alpha value is -1.26. The molecule has 0 spiro atoms. The number of nitrogen functional groups attached to an aromatic ring is 1. The Morgan fingerprint density at radius 3 is 2.56 bits per heavy atom. The van der Waals surface area contributed by atoms with Crippen LogP contribution in [0.4, 0.5) is 5.69 Å². The Morgan fingerprint density at radius 2 is 2.00 bits per heavy atom. The van der Waals surface area contributed by atoms with Crippen molar-refractivity contribution < 1.29 is 10.2 Å². The molecule has 0 aliphatic heterocycles. The molecule has 90 valence electrons. The second-order valence-electron chi connectivity index (χ2n) is 4.87. The van der Waals surface area contributed by atoms with Gasteiger partial charge in [-0.2, -0.15) is 0 Å². The van der Waals surface area contributed by atoms with Gasteiger partial charge < -0.3 is 15.9 Å². The van der Waals surface area contributed by atoms with Gasteiger partial charge in [-0.1, -0.05) is 0 Å². The Labute approximate surface area is 96.3 Å². The Morgan fingerprint density at radius 1 is 1.38 bits per heavy atom. The van der Waals surface area contributed by atoms with Gasteiger partial charge in [-0.05, 0) is 39.1 Å². The van der Waals surface area contributed by atoms with Crippen molar-refractivity contribution in [1.82, 2.24) is 4.90 Å². The number of hydrogen-bond donors (Lipinski definition) is 3. The van der Waals surface area contributed by atoms with Gasteiger partial charge in [0.25, 0.3) is 0 Å². The van der Waals surface area contributed by atoms with Crippen LogP contribution in [0.3, 0.4) is 0 Å². The molecule has 0 aromatic heterocycles. The molecular formula is C12H20N2O2. The lowest BCUT2D eigenvalue weighted by Crippen LogP contribution is -2.35. The lowest BCUT2D eigenvalue weighted by molar-refractivity contribution is 0.0423. The first-order valence-electron chi connectivity index (χ1n) is 5.26. The maximum atomic E-state index is 9.66. The Kier molecular flexibility index (Phi) is 3.78. The van der Waals surface area contributed by atoms with Crippen molar-refractivity contribution in [3.63, 3.8) is 0 Å². The quantitative estimate of drug-likeness (QED) is 0.530. The summed E-state index contributed by atoms with van der Waals surface area (Å²) in [4.78, 5) is 1.94. The smallest absolute Gasteiger partial charge is 0.120 e. The number of rotatable bonds is 4. The third-order valence-corrected chi connectivity index (χ3v) is 2.20. The monoisotopic (exact) mass is 224 g/mol. The predicted octanol–water partition coefficient (Wildman–Crippen LogP) is 1.18. The van der Waals surface area contributed by atoms with Crippen molar-refractivity contribution in [1.29, 1.82) is 0 Å². The van der Waals surface area contributed by atoms with Crippen LogP contribution in [-0.4, -0.2) is 34.3 Å². The molecule has 1 rings (SSSR count). The highest BCUT2D eigenvalue weighted by Crippen LogP contribution is 2.21. The average molecular weight is 224 g/mol. The van der Waals surface area contributed by atoms with Crippen LogP contribution in [0.25, 0.3) is 0 Å². The van der Waals surface area contributed by atoms with E-state index in [0.29, 0.717) is 18.8 Å². The molecule has 0 fully saturated rings. The molecular weight excluding hydrogens is 204 g/mol. The van der Waals surface area contributed by atoms with Gasteiger partial charge >= 0.3 is 0 Å². The van der Waals surface area contributed by atoms with Crippen molar-refractivity contribution in [3.05, 3.63) is 23.8 Å². The number of nitrogens with two attached hydrogens (primary N) is 1. The van der Waals surface area contributed by atoms with Gasteiger partial charge in [0.15, 0.2) is 0 Å². The van der Waals surface area contributed by atoms with Gasteiger partial charge in [0.2, 0.25) is 0 Å². The summed E-state index contributed by atoms with van der Waals surface area (Å²) >= 11 is 0. The molecule has 0 heterocycles. The second-order valence-corrected chi connectivity index (χ2v) is 4.87. The first-order valence-corrected chi connectivity index (χ1v) is 5.26. The molecule has 0 radical (unpaired) electrons. The third-order valence-electron chi connectivity index (χ3n) is 2.20. The Bertz CT molecular complexity index is 359. The van der Waals surface area contributed by atoms with Crippen LogP contribution >= 0.6 is 0 Å². The molecule has 0 saturated carbocycles. The van der Waals surface area contributed by atoms with Crippen LogP contribution in [0.5, 0.6) is 5.75 Å². The molecule has 0 bridgehead atoms. The number of aliphatic hydroxyl groups is 1. The number of phenolic OH excluding ortho intramolecular Hbond substituents is 1. The van der Waals surface area contributed by atoms with Crippen molar-refractivity contribution >= 4 is 5.69 Å². The fourth-order valence-electron chi connectivity index (χ4n) is 1.74. The van der Waals surface area contributed by atoms with Crippen molar-refractivity contribution in [2.45, 2.75) is 26.0 Å². The molecule has 0 aliphatic carbocycles. The number of hydrogen-bond acceptors (Lipinski definition) is 4.